The molecule has 0 radical (unpaired) electrons. The minimum Gasteiger partial charge on any atom is -0.467 e. The van der Waals surface area contributed by atoms with Gasteiger partial charge in [0.05, 0.1) is 7.11 Å². The van der Waals surface area contributed by atoms with Crippen LogP contribution in [0.2, 0.25) is 0 Å². The molecule has 2 aromatic rings. The van der Waals surface area contributed by atoms with Crippen LogP contribution in [0.25, 0.3) is 0 Å². The van der Waals surface area contributed by atoms with Crippen LogP contribution in [0, 0.1) is 5.82 Å². The normalized spacial score (nSPS) is 11.8. The topological polar surface area (TPSA) is 38.3 Å². The van der Waals surface area contributed by atoms with Crippen molar-refractivity contribution in [2.75, 3.05) is 18.7 Å². The van der Waals surface area contributed by atoms with Crippen molar-refractivity contribution >= 4 is 23.4 Å². The van der Waals surface area contributed by atoms with Gasteiger partial charge in [-0.05, 0) is 42.2 Å². The lowest BCUT2D eigenvalue weighted by Crippen LogP contribution is -2.22. The zero-order chi connectivity index (χ0) is 15.2. The number of nitrogens with one attached hydrogen (secondary N) is 1. The summed E-state index contributed by atoms with van der Waals surface area (Å²) in [4.78, 5) is 13.1. The number of halogens is 1. The molecule has 0 aromatic heterocycles. The lowest BCUT2D eigenvalue weighted by molar-refractivity contribution is -0.141. The van der Waals surface area contributed by atoms with Crippen molar-refractivity contribution in [3.8, 4) is 0 Å². The Morgan fingerprint density at radius 3 is 2.52 bits per heavy atom. The van der Waals surface area contributed by atoms with Crippen LogP contribution in [0.4, 0.5) is 10.1 Å². The maximum Gasteiger partial charge on any atom is 0.332 e. The first kappa shape index (κ1) is 15.4. The fraction of sp³-hybridized carbons (Fsp3) is 0.188. The van der Waals surface area contributed by atoms with E-state index in [2.05, 4.69) is 5.32 Å². The van der Waals surface area contributed by atoms with Crippen LogP contribution in [0.1, 0.15) is 11.6 Å². The van der Waals surface area contributed by atoms with Crippen LogP contribution < -0.4 is 5.32 Å². The van der Waals surface area contributed by atoms with Gasteiger partial charge in [0, 0.05) is 10.6 Å². The second-order valence-corrected chi connectivity index (χ2v) is 5.26. The molecule has 1 unspecified atom stereocenters. The van der Waals surface area contributed by atoms with Gasteiger partial charge in [0.1, 0.15) is 5.82 Å². The third-order valence-electron chi connectivity index (χ3n) is 3.02. The van der Waals surface area contributed by atoms with Crippen LogP contribution >= 0.6 is 11.8 Å². The molecule has 0 saturated heterocycles. The van der Waals surface area contributed by atoms with Crippen molar-refractivity contribution in [1.82, 2.24) is 0 Å². The summed E-state index contributed by atoms with van der Waals surface area (Å²) in [6.07, 6.45) is 1.98. The summed E-state index contributed by atoms with van der Waals surface area (Å²) in [5.41, 5.74) is 1.29. The largest absolute Gasteiger partial charge is 0.467 e. The molecule has 0 aliphatic heterocycles. The number of hydrogen-bond acceptors (Lipinski definition) is 4. The first-order valence-corrected chi connectivity index (χ1v) is 7.60. The summed E-state index contributed by atoms with van der Waals surface area (Å²) in [5.74, 6) is -0.780. The van der Waals surface area contributed by atoms with Gasteiger partial charge in [-0.15, -0.1) is 11.8 Å². The Bertz CT molecular complexity index is 616. The van der Waals surface area contributed by atoms with E-state index in [0.717, 1.165) is 10.5 Å². The first-order chi connectivity index (χ1) is 10.1. The van der Waals surface area contributed by atoms with Crippen LogP contribution in [-0.4, -0.2) is 19.3 Å². The number of carbonyl (C=O) groups is 1. The van der Waals surface area contributed by atoms with Crippen LogP contribution in [0.3, 0.4) is 0 Å². The van der Waals surface area contributed by atoms with Crippen molar-refractivity contribution in [3.05, 3.63) is 59.9 Å². The van der Waals surface area contributed by atoms with Gasteiger partial charge in [-0.2, -0.15) is 0 Å². The highest BCUT2D eigenvalue weighted by molar-refractivity contribution is 7.98. The van der Waals surface area contributed by atoms with Crippen molar-refractivity contribution in [2.45, 2.75) is 10.9 Å². The van der Waals surface area contributed by atoms with Gasteiger partial charge in [-0.1, -0.05) is 18.2 Å². The maximum absolute atomic E-state index is 13.2. The minimum atomic E-state index is -0.673. The smallest absolute Gasteiger partial charge is 0.332 e. The molecule has 0 bridgehead atoms. The van der Waals surface area contributed by atoms with Gasteiger partial charge in [0.15, 0.2) is 6.04 Å². The maximum atomic E-state index is 13.2. The highest BCUT2D eigenvalue weighted by Crippen LogP contribution is 2.24. The molecule has 21 heavy (non-hydrogen) atoms. The molecule has 0 aliphatic rings. The molecular weight excluding hydrogens is 289 g/mol. The van der Waals surface area contributed by atoms with Crippen molar-refractivity contribution in [1.29, 1.82) is 0 Å². The van der Waals surface area contributed by atoms with Crippen LogP contribution in [-0.2, 0) is 9.53 Å². The summed E-state index contributed by atoms with van der Waals surface area (Å²) in [5, 5.41) is 3.00. The number of hydrogen-bond donors (Lipinski definition) is 1. The number of benzene rings is 2. The van der Waals surface area contributed by atoms with Crippen molar-refractivity contribution in [2.24, 2.45) is 0 Å². The number of thioether (sulfide) groups is 1. The second kappa shape index (κ2) is 7.13. The molecule has 1 atom stereocenters. The summed E-state index contributed by atoms with van der Waals surface area (Å²) in [7, 11) is 1.33. The molecule has 2 rings (SSSR count). The number of esters is 1. The number of rotatable bonds is 5. The molecule has 0 amide bonds. The van der Waals surface area contributed by atoms with E-state index in [9.17, 15) is 9.18 Å². The average Bonchev–Trinajstić information content (AvgIpc) is 2.52. The molecule has 3 nitrogen and oxygen atoms in total. The van der Waals surface area contributed by atoms with Gasteiger partial charge in [0.2, 0.25) is 0 Å². The van der Waals surface area contributed by atoms with Gasteiger partial charge >= 0.3 is 5.97 Å². The molecule has 0 spiro atoms. The van der Waals surface area contributed by atoms with E-state index in [1.54, 1.807) is 23.9 Å². The Balaban J connectivity index is 2.27. The molecule has 0 heterocycles. The van der Waals surface area contributed by atoms with Gasteiger partial charge in [-0.25, -0.2) is 9.18 Å². The van der Waals surface area contributed by atoms with Crippen molar-refractivity contribution < 1.29 is 13.9 Å². The van der Waals surface area contributed by atoms with E-state index in [1.807, 2.05) is 30.5 Å². The summed E-state index contributed by atoms with van der Waals surface area (Å²) in [6, 6.07) is 12.9. The zero-order valence-electron chi connectivity index (χ0n) is 11.8. The summed E-state index contributed by atoms with van der Waals surface area (Å²) >= 11 is 1.62. The first-order valence-electron chi connectivity index (χ1n) is 6.38. The Hall–Kier alpha value is -2.01. The summed E-state index contributed by atoms with van der Waals surface area (Å²) < 4.78 is 18.1. The molecule has 110 valence electrons. The van der Waals surface area contributed by atoms with E-state index < -0.39 is 12.0 Å². The van der Waals surface area contributed by atoms with E-state index in [0.29, 0.717) is 5.69 Å². The van der Waals surface area contributed by atoms with E-state index in [4.69, 9.17) is 4.74 Å². The molecular formula is C16H16FNO2S. The Morgan fingerprint density at radius 1 is 1.24 bits per heavy atom. The Labute approximate surface area is 127 Å². The predicted molar refractivity (Wildman–Crippen MR) is 83.0 cm³/mol. The Kier molecular flexibility index (Phi) is 5.22. The second-order valence-electron chi connectivity index (χ2n) is 4.38. The highest BCUT2D eigenvalue weighted by atomic mass is 32.2. The number of methoxy groups -OCH3 is 1. The molecule has 0 aliphatic carbocycles. The van der Waals surface area contributed by atoms with E-state index in [-0.39, 0.29) is 5.82 Å². The molecule has 2 aromatic carbocycles. The lowest BCUT2D eigenvalue weighted by Gasteiger charge is -2.18. The molecule has 0 saturated carbocycles. The predicted octanol–water partition coefficient (Wildman–Crippen LogP) is 3.87. The molecule has 5 heteroatoms. The standard InChI is InChI=1S/C16H16FNO2S/c1-20-16(19)15(11-6-8-14(21-2)9-7-11)18-13-5-3-4-12(17)10-13/h3-10,15,18H,1-2H3. The quantitative estimate of drug-likeness (QED) is 0.672. The Morgan fingerprint density at radius 2 is 1.95 bits per heavy atom. The number of anilines is 1. The molecule has 1 N–H and O–H groups in total. The highest BCUT2D eigenvalue weighted by Gasteiger charge is 2.21. The fourth-order valence-corrected chi connectivity index (χ4v) is 2.35. The third kappa shape index (κ3) is 3.98. The molecule has 0 fully saturated rings. The fourth-order valence-electron chi connectivity index (χ4n) is 1.94. The third-order valence-corrected chi connectivity index (χ3v) is 3.77. The van der Waals surface area contributed by atoms with Crippen LogP contribution in [0.5, 0.6) is 0 Å². The number of ether oxygens (including phenoxy) is 1. The van der Waals surface area contributed by atoms with Crippen molar-refractivity contribution in [3.63, 3.8) is 0 Å². The summed E-state index contributed by atoms with van der Waals surface area (Å²) in [6.45, 7) is 0. The minimum absolute atomic E-state index is 0.360. The van der Waals surface area contributed by atoms with Gasteiger partial charge in [0.25, 0.3) is 0 Å². The average molecular weight is 305 g/mol. The van der Waals surface area contributed by atoms with Gasteiger partial charge in [-0.3, -0.25) is 0 Å². The van der Waals surface area contributed by atoms with E-state index >= 15 is 0 Å². The zero-order valence-corrected chi connectivity index (χ0v) is 12.6. The SMILES string of the molecule is COC(=O)C(Nc1cccc(F)c1)c1ccc(SC)cc1. The van der Waals surface area contributed by atoms with E-state index in [1.165, 1.54) is 19.2 Å². The lowest BCUT2D eigenvalue weighted by atomic mass is 10.1. The van der Waals surface area contributed by atoms with Crippen LogP contribution in [0.15, 0.2) is 53.4 Å². The monoisotopic (exact) mass is 305 g/mol. The van der Waals surface area contributed by atoms with Gasteiger partial charge < -0.3 is 10.1 Å². The number of carbonyl (C=O) groups excluding carboxylic acids is 1.